The first kappa shape index (κ1) is 18.6. The number of rotatable bonds is 6. The highest BCUT2D eigenvalue weighted by Crippen LogP contribution is 2.42. The van der Waals surface area contributed by atoms with E-state index in [1.165, 1.54) is 0 Å². The molecular formula is C17H32N2O4. The van der Waals surface area contributed by atoms with Gasteiger partial charge in [-0.3, -0.25) is 4.79 Å². The van der Waals surface area contributed by atoms with Crippen LogP contribution in [0, 0.1) is 5.41 Å². The molecule has 5 unspecified atom stereocenters. The number of hydrogen-bond acceptors (Lipinski definition) is 5. The van der Waals surface area contributed by atoms with Crippen LogP contribution in [-0.2, 0) is 19.0 Å². The summed E-state index contributed by atoms with van der Waals surface area (Å²) in [5.74, 6) is 0.149. The van der Waals surface area contributed by atoms with E-state index in [1.54, 1.807) is 12.0 Å². The molecule has 1 amide bonds. The second-order valence-corrected chi connectivity index (χ2v) is 7.11. The van der Waals surface area contributed by atoms with Crippen LogP contribution in [0.2, 0.25) is 0 Å². The van der Waals surface area contributed by atoms with Crippen LogP contribution in [0.1, 0.15) is 33.1 Å². The Kier molecular flexibility index (Phi) is 6.42. The minimum absolute atomic E-state index is 0.0410. The molecule has 0 aromatic carbocycles. The fourth-order valence-corrected chi connectivity index (χ4v) is 4.00. The molecule has 1 saturated carbocycles. The Morgan fingerprint density at radius 1 is 1.43 bits per heavy atom. The number of hydrogen-bond donors (Lipinski definition) is 1. The first-order chi connectivity index (χ1) is 10.9. The number of nitrogens with zero attached hydrogens (tertiary/aromatic N) is 1. The van der Waals surface area contributed by atoms with Gasteiger partial charge in [0.1, 0.15) is 0 Å². The molecule has 0 aromatic rings. The highest BCUT2D eigenvalue weighted by molar-refractivity contribution is 5.83. The van der Waals surface area contributed by atoms with Gasteiger partial charge < -0.3 is 24.4 Å². The Balaban J connectivity index is 2.05. The Hall–Kier alpha value is -0.690. The van der Waals surface area contributed by atoms with Crippen molar-refractivity contribution in [1.82, 2.24) is 10.2 Å². The standard InChI is InChI=1S/C17H32N2O4/c1-6-23-15-9-12(10-17(15,2)16(20)19(3)4)18-13-7-8-22-11-14(13)21-5/h12-15,18H,6-11H2,1-5H3. The highest BCUT2D eigenvalue weighted by atomic mass is 16.5. The van der Waals surface area contributed by atoms with E-state index >= 15 is 0 Å². The van der Waals surface area contributed by atoms with Crippen LogP contribution in [0.4, 0.5) is 0 Å². The van der Waals surface area contributed by atoms with Gasteiger partial charge in [-0.2, -0.15) is 0 Å². The van der Waals surface area contributed by atoms with Crippen molar-refractivity contribution in [2.45, 2.75) is 57.4 Å². The molecule has 5 atom stereocenters. The molecule has 1 aliphatic carbocycles. The zero-order valence-corrected chi connectivity index (χ0v) is 15.1. The van der Waals surface area contributed by atoms with E-state index in [0.717, 1.165) is 25.9 Å². The number of carbonyl (C=O) groups is 1. The van der Waals surface area contributed by atoms with Crippen molar-refractivity contribution in [3.05, 3.63) is 0 Å². The van der Waals surface area contributed by atoms with Crippen molar-refractivity contribution in [1.29, 1.82) is 0 Å². The highest BCUT2D eigenvalue weighted by Gasteiger charge is 2.51. The summed E-state index contributed by atoms with van der Waals surface area (Å²) >= 11 is 0. The topological polar surface area (TPSA) is 60.0 Å². The largest absolute Gasteiger partial charge is 0.379 e. The fraction of sp³-hybridized carbons (Fsp3) is 0.941. The molecule has 0 spiro atoms. The summed E-state index contributed by atoms with van der Waals surface area (Å²) in [7, 11) is 5.36. The number of methoxy groups -OCH3 is 1. The predicted molar refractivity (Wildman–Crippen MR) is 88.4 cm³/mol. The van der Waals surface area contributed by atoms with Crippen molar-refractivity contribution in [2.24, 2.45) is 5.41 Å². The molecular weight excluding hydrogens is 296 g/mol. The SMILES string of the molecule is CCOC1CC(NC2CCOCC2OC)CC1(C)C(=O)N(C)C. The summed E-state index contributed by atoms with van der Waals surface area (Å²) in [6.45, 7) is 6.04. The first-order valence-corrected chi connectivity index (χ1v) is 8.62. The van der Waals surface area contributed by atoms with Gasteiger partial charge in [-0.05, 0) is 33.1 Å². The van der Waals surface area contributed by atoms with Gasteiger partial charge in [0.05, 0.1) is 24.2 Å². The summed E-state index contributed by atoms with van der Waals surface area (Å²) in [4.78, 5) is 14.4. The van der Waals surface area contributed by atoms with Crippen molar-refractivity contribution in [2.75, 3.05) is 41.0 Å². The van der Waals surface area contributed by atoms with Gasteiger partial charge in [-0.25, -0.2) is 0 Å². The van der Waals surface area contributed by atoms with Crippen LogP contribution in [0.25, 0.3) is 0 Å². The molecule has 1 N–H and O–H groups in total. The maximum Gasteiger partial charge on any atom is 0.230 e. The second kappa shape index (κ2) is 7.92. The third-order valence-corrected chi connectivity index (χ3v) is 5.20. The first-order valence-electron chi connectivity index (χ1n) is 8.62. The van der Waals surface area contributed by atoms with Crippen LogP contribution in [0.5, 0.6) is 0 Å². The summed E-state index contributed by atoms with van der Waals surface area (Å²) in [6, 6.07) is 0.541. The van der Waals surface area contributed by atoms with Crippen molar-refractivity contribution < 1.29 is 19.0 Å². The van der Waals surface area contributed by atoms with Crippen LogP contribution < -0.4 is 5.32 Å². The van der Waals surface area contributed by atoms with Gasteiger partial charge in [0, 0.05) is 46.5 Å². The lowest BCUT2D eigenvalue weighted by atomic mass is 9.84. The third-order valence-electron chi connectivity index (χ3n) is 5.20. The Bertz CT molecular complexity index is 404. The smallest absolute Gasteiger partial charge is 0.230 e. The second-order valence-electron chi connectivity index (χ2n) is 7.11. The van der Waals surface area contributed by atoms with E-state index in [2.05, 4.69) is 5.32 Å². The lowest BCUT2D eigenvalue weighted by Gasteiger charge is -2.34. The van der Waals surface area contributed by atoms with E-state index in [-0.39, 0.29) is 30.2 Å². The molecule has 0 bridgehead atoms. The summed E-state index contributed by atoms with van der Waals surface area (Å²) in [6.07, 6.45) is 2.62. The van der Waals surface area contributed by atoms with Crippen LogP contribution in [0.3, 0.4) is 0 Å². The average molecular weight is 328 g/mol. The van der Waals surface area contributed by atoms with E-state index in [9.17, 15) is 4.79 Å². The molecule has 23 heavy (non-hydrogen) atoms. The molecule has 1 saturated heterocycles. The molecule has 6 nitrogen and oxygen atoms in total. The summed E-state index contributed by atoms with van der Waals surface area (Å²) < 4.78 is 16.9. The van der Waals surface area contributed by atoms with E-state index < -0.39 is 5.41 Å². The summed E-state index contributed by atoms with van der Waals surface area (Å²) in [5, 5.41) is 3.70. The molecule has 2 aliphatic rings. The van der Waals surface area contributed by atoms with Crippen molar-refractivity contribution in [3.8, 4) is 0 Å². The molecule has 0 aromatic heterocycles. The Morgan fingerprint density at radius 2 is 2.17 bits per heavy atom. The third kappa shape index (κ3) is 4.05. The minimum Gasteiger partial charge on any atom is -0.379 e. The molecule has 2 fully saturated rings. The lowest BCUT2D eigenvalue weighted by Crippen LogP contribution is -2.51. The molecule has 6 heteroatoms. The summed E-state index contributed by atoms with van der Waals surface area (Å²) in [5.41, 5.74) is -0.467. The maximum absolute atomic E-state index is 12.7. The Labute approximate surface area is 139 Å². The average Bonchev–Trinajstić information content (AvgIpc) is 2.84. The normalized spacial score (nSPS) is 37.8. The van der Waals surface area contributed by atoms with Gasteiger partial charge >= 0.3 is 0 Å². The van der Waals surface area contributed by atoms with E-state index in [4.69, 9.17) is 14.2 Å². The van der Waals surface area contributed by atoms with Crippen molar-refractivity contribution in [3.63, 3.8) is 0 Å². The molecule has 2 rings (SSSR count). The van der Waals surface area contributed by atoms with Gasteiger partial charge in [-0.15, -0.1) is 0 Å². The number of carbonyl (C=O) groups excluding carboxylic acids is 1. The minimum atomic E-state index is -0.467. The van der Waals surface area contributed by atoms with Gasteiger partial charge in [0.2, 0.25) is 5.91 Å². The zero-order valence-electron chi connectivity index (χ0n) is 15.1. The molecule has 1 heterocycles. The number of nitrogens with one attached hydrogen (secondary N) is 1. The molecule has 0 radical (unpaired) electrons. The van der Waals surface area contributed by atoms with Crippen LogP contribution >= 0.6 is 0 Å². The van der Waals surface area contributed by atoms with E-state index in [0.29, 0.717) is 13.2 Å². The van der Waals surface area contributed by atoms with Gasteiger partial charge in [0.25, 0.3) is 0 Å². The quantitative estimate of drug-likeness (QED) is 0.789. The van der Waals surface area contributed by atoms with Gasteiger partial charge in [-0.1, -0.05) is 0 Å². The van der Waals surface area contributed by atoms with Gasteiger partial charge in [0.15, 0.2) is 0 Å². The number of ether oxygens (including phenoxy) is 3. The van der Waals surface area contributed by atoms with Crippen molar-refractivity contribution >= 4 is 5.91 Å². The fourth-order valence-electron chi connectivity index (χ4n) is 4.00. The number of amides is 1. The van der Waals surface area contributed by atoms with Crippen LogP contribution in [-0.4, -0.2) is 76.1 Å². The lowest BCUT2D eigenvalue weighted by molar-refractivity contribution is -0.145. The monoisotopic (exact) mass is 328 g/mol. The molecule has 1 aliphatic heterocycles. The molecule has 134 valence electrons. The van der Waals surface area contributed by atoms with Crippen LogP contribution in [0.15, 0.2) is 0 Å². The zero-order chi connectivity index (χ0) is 17.0. The predicted octanol–water partition coefficient (Wildman–Crippen LogP) is 1.04. The van der Waals surface area contributed by atoms with E-state index in [1.807, 2.05) is 27.9 Å². The maximum atomic E-state index is 12.7. The Morgan fingerprint density at radius 3 is 2.78 bits per heavy atom.